The number of anilines is 4. The Kier molecular flexibility index (Phi) is 6.89. The van der Waals surface area contributed by atoms with Gasteiger partial charge in [-0.3, -0.25) is 4.79 Å². The van der Waals surface area contributed by atoms with E-state index in [0.717, 1.165) is 18.8 Å². The molecule has 11 heteroatoms. The van der Waals surface area contributed by atoms with E-state index in [1.165, 1.54) is 12.1 Å². The number of aryl methyl sites for hydroxylation is 1. The normalized spacial score (nSPS) is 13.3. The van der Waals surface area contributed by atoms with E-state index >= 15 is 0 Å². The first-order valence-corrected chi connectivity index (χ1v) is 10.8. The Morgan fingerprint density at radius 2 is 1.85 bits per heavy atom. The average Bonchev–Trinajstić information content (AvgIpc) is 2.79. The zero-order chi connectivity index (χ0) is 23.4. The van der Waals surface area contributed by atoms with Gasteiger partial charge in [-0.05, 0) is 25.1 Å². The fourth-order valence-electron chi connectivity index (χ4n) is 3.28. The molecular formula is C22H19Cl2N7O2. The fraction of sp³-hybridized carbons (Fsp3) is 0.227. The van der Waals surface area contributed by atoms with Gasteiger partial charge < -0.3 is 20.3 Å². The number of halogens is 2. The molecule has 0 radical (unpaired) electrons. The molecule has 0 spiro atoms. The zero-order valence-corrected chi connectivity index (χ0v) is 19.1. The number of hydrogen-bond donors (Lipinski definition) is 2. The number of rotatable bonds is 5. The molecule has 2 N–H and O–H groups in total. The molecule has 4 rings (SSSR count). The largest absolute Gasteiger partial charge is 0.378 e. The van der Waals surface area contributed by atoms with Crippen molar-refractivity contribution in [1.29, 1.82) is 5.26 Å². The van der Waals surface area contributed by atoms with Crippen LogP contribution in [0.3, 0.4) is 0 Å². The van der Waals surface area contributed by atoms with Crippen LogP contribution in [0, 0.1) is 18.3 Å². The van der Waals surface area contributed by atoms with Gasteiger partial charge in [0.2, 0.25) is 5.95 Å². The number of benzene rings is 1. The van der Waals surface area contributed by atoms with Gasteiger partial charge in [0.15, 0.2) is 0 Å². The number of amides is 1. The maximum absolute atomic E-state index is 12.7. The maximum atomic E-state index is 12.7. The monoisotopic (exact) mass is 483 g/mol. The van der Waals surface area contributed by atoms with Gasteiger partial charge in [-0.2, -0.15) is 10.2 Å². The van der Waals surface area contributed by atoms with Crippen molar-refractivity contribution in [2.24, 2.45) is 0 Å². The van der Waals surface area contributed by atoms with E-state index in [1.54, 1.807) is 18.3 Å². The molecule has 3 aromatic rings. The average molecular weight is 484 g/mol. The van der Waals surface area contributed by atoms with E-state index in [2.05, 4.69) is 30.5 Å². The Morgan fingerprint density at radius 3 is 2.55 bits per heavy atom. The highest BCUT2D eigenvalue weighted by atomic mass is 35.5. The zero-order valence-electron chi connectivity index (χ0n) is 17.6. The molecule has 1 aliphatic heterocycles. The molecule has 33 heavy (non-hydrogen) atoms. The molecule has 0 aliphatic carbocycles. The second-order valence-electron chi connectivity index (χ2n) is 7.23. The minimum absolute atomic E-state index is 0.0882. The predicted molar refractivity (Wildman–Crippen MR) is 126 cm³/mol. The van der Waals surface area contributed by atoms with Crippen LogP contribution in [0.4, 0.5) is 23.3 Å². The van der Waals surface area contributed by atoms with Crippen molar-refractivity contribution in [2.45, 2.75) is 6.92 Å². The van der Waals surface area contributed by atoms with E-state index in [4.69, 9.17) is 33.2 Å². The third kappa shape index (κ3) is 5.49. The second-order valence-corrected chi connectivity index (χ2v) is 8.04. The lowest BCUT2D eigenvalue weighted by Crippen LogP contribution is -2.37. The van der Waals surface area contributed by atoms with Gasteiger partial charge in [0.1, 0.15) is 11.6 Å². The van der Waals surface area contributed by atoms with E-state index in [1.807, 2.05) is 19.1 Å². The Labute approximate surface area is 200 Å². The van der Waals surface area contributed by atoms with Gasteiger partial charge in [-0.25, -0.2) is 9.97 Å². The third-order valence-corrected chi connectivity index (χ3v) is 5.40. The van der Waals surface area contributed by atoms with Crippen LogP contribution in [0.2, 0.25) is 10.0 Å². The summed E-state index contributed by atoms with van der Waals surface area (Å²) in [7, 11) is 0. The molecule has 2 aromatic heterocycles. The quantitative estimate of drug-likeness (QED) is 0.554. The van der Waals surface area contributed by atoms with Crippen LogP contribution in [0.25, 0.3) is 0 Å². The fourth-order valence-corrected chi connectivity index (χ4v) is 3.94. The van der Waals surface area contributed by atoms with Gasteiger partial charge in [0.25, 0.3) is 5.91 Å². The molecule has 9 nitrogen and oxygen atoms in total. The van der Waals surface area contributed by atoms with Crippen molar-refractivity contribution in [3.63, 3.8) is 0 Å². The summed E-state index contributed by atoms with van der Waals surface area (Å²) in [5, 5.41) is 15.1. The number of nitrogens with one attached hydrogen (secondary N) is 2. The Hall–Kier alpha value is -3.45. The van der Waals surface area contributed by atoms with Crippen LogP contribution < -0.4 is 15.5 Å². The Balaban J connectivity index is 1.52. The summed E-state index contributed by atoms with van der Waals surface area (Å²) in [5.41, 5.74) is 1.65. The number of nitrogens with zero attached hydrogens (tertiary/aromatic N) is 5. The first-order chi connectivity index (χ1) is 15.9. The topological polar surface area (TPSA) is 116 Å². The van der Waals surface area contributed by atoms with Crippen LogP contribution in [-0.2, 0) is 4.74 Å². The van der Waals surface area contributed by atoms with Gasteiger partial charge in [-0.15, -0.1) is 0 Å². The Bertz CT molecular complexity index is 1220. The number of aromatic nitrogens is 3. The van der Waals surface area contributed by atoms with Crippen LogP contribution in [0.15, 0.2) is 36.5 Å². The molecule has 0 atom stereocenters. The number of morpholine rings is 1. The summed E-state index contributed by atoms with van der Waals surface area (Å²) in [6.45, 7) is 4.62. The van der Waals surface area contributed by atoms with Crippen molar-refractivity contribution in [3.8, 4) is 6.07 Å². The van der Waals surface area contributed by atoms with Crippen molar-refractivity contribution in [2.75, 3.05) is 41.8 Å². The number of ether oxygens (including phenoxy) is 1. The number of carbonyl (C=O) groups is 1. The molecule has 0 unspecified atom stereocenters. The number of nitriles is 1. The highest BCUT2D eigenvalue weighted by Gasteiger charge is 2.18. The Morgan fingerprint density at radius 1 is 1.12 bits per heavy atom. The predicted octanol–water partition coefficient (Wildman–Crippen LogP) is 4.19. The van der Waals surface area contributed by atoms with Crippen molar-refractivity contribution in [3.05, 3.63) is 63.4 Å². The molecule has 0 bridgehead atoms. The molecule has 0 saturated carbocycles. The van der Waals surface area contributed by atoms with Gasteiger partial charge in [-0.1, -0.05) is 23.2 Å². The summed E-state index contributed by atoms with van der Waals surface area (Å²) >= 11 is 12.3. The number of carbonyl (C=O) groups excluding carboxylic acids is 1. The summed E-state index contributed by atoms with van der Waals surface area (Å²) < 4.78 is 5.39. The number of hydrogen-bond acceptors (Lipinski definition) is 8. The van der Waals surface area contributed by atoms with Gasteiger partial charge in [0, 0.05) is 42.8 Å². The molecule has 1 fully saturated rings. The highest BCUT2D eigenvalue weighted by Crippen LogP contribution is 2.28. The summed E-state index contributed by atoms with van der Waals surface area (Å²) in [6.07, 6.45) is 1.55. The van der Waals surface area contributed by atoms with Crippen molar-refractivity contribution in [1.82, 2.24) is 15.0 Å². The molecule has 1 saturated heterocycles. The van der Waals surface area contributed by atoms with E-state index < -0.39 is 5.91 Å². The second kappa shape index (κ2) is 10.0. The number of pyridine rings is 1. The highest BCUT2D eigenvalue weighted by molar-refractivity contribution is 6.40. The van der Waals surface area contributed by atoms with Crippen molar-refractivity contribution < 1.29 is 9.53 Å². The van der Waals surface area contributed by atoms with E-state index in [0.29, 0.717) is 36.5 Å². The smallest absolute Gasteiger partial charge is 0.258 e. The van der Waals surface area contributed by atoms with E-state index in [-0.39, 0.29) is 21.2 Å². The standard InChI is InChI=1S/C22H19Cl2N7O2/c1-13-8-19(30-22(27-13)31-4-6-33-7-5-31)29-18-11-15(2-3-26-18)28-21(32)20-16(23)9-14(12-25)10-17(20)24/h2-3,8-11H,4-7H2,1H3,(H2,26,27,28,29,30,32). The summed E-state index contributed by atoms with van der Waals surface area (Å²) in [5.74, 6) is 1.18. The third-order valence-electron chi connectivity index (χ3n) is 4.81. The first kappa shape index (κ1) is 22.7. The molecule has 1 aliphatic rings. The maximum Gasteiger partial charge on any atom is 0.258 e. The molecule has 3 heterocycles. The SMILES string of the molecule is Cc1cc(Nc2cc(NC(=O)c3c(Cl)cc(C#N)cc3Cl)ccn2)nc(N2CCOCC2)n1. The molecular weight excluding hydrogens is 465 g/mol. The van der Waals surface area contributed by atoms with Crippen molar-refractivity contribution >= 4 is 52.4 Å². The minimum Gasteiger partial charge on any atom is -0.378 e. The molecule has 168 valence electrons. The van der Waals surface area contributed by atoms with E-state index in [9.17, 15) is 4.79 Å². The lowest BCUT2D eigenvalue weighted by molar-refractivity contribution is 0.102. The lowest BCUT2D eigenvalue weighted by atomic mass is 10.1. The molecule has 1 amide bonds. The van der Waals surface area contributed by atoms with Crippen LogP contribution in [0.1, 0.15) is 21.6 Å². The van der Waals surface area contributed by atoms with Crippen LogP contribution in [-0.4, -0.2) is 47.2 Å². The summed E-state index contributed by atoms with van der Waals surface area (Å²) in [4.78, 5) is 28.2. The van der Waals surface area contributed by atoms with Gasteiger partial charge in [0.05, 0.1) is 40.5 Å². The molecule has 1 aromatic carbocycles. The van der Waals surface area contributed by atoms with Crippen LogP contribution >= 0.6 is 23.2 Å². The summed E-state index contributed by atoms with van der Waals surface area (Å²) in [6, 6.07) is 9.85. The first-order valence-electron chi connectivity index (χ1n) is 10.0. The van der Waals surface area contributed by atoms with Crippen LogP contribution in [0.5, 0.6) is 0 Å². The van der Waals surface area contributed by atoms with Gasteiger partial charge >= 0.3 is 0 Å². The minimum atomic E-state index is -0.501. The lowest BCUT2D eigenvalue weighted by Gasteiger charge is -2.27.